The van der Waals surface area contributed by atoms with Gasteiger partial charge in [0.05, 0.1) is 6.42 Å². The highest BCUT2D eigenvalue weighted by Gasteiger charge is 2.55. The maximum atomic E-state index is 11.3. The first-order valence-electron chi connectivity index (χ1n) is 7.72. The molecule has 5 nitrogen and oxygen atoms in total. The van der Waals surface area contributed by atoms with Crippen LogP contribution in [0.4, 0.5) is 0 Å². The zero-order valence-electron chi connectivity index (χ0n) is 11.6. The standard InChI is InChI=1S/C15H21N3O2/c19-13(20)4-12(14-16-8-17-18-14)15-5-9-1-10(6-15)3-11(2-9)7-15/h8-12H,1-7H2,(H,19,20)(H,16,17,18). The Bertz CT molecular complexity index is 476. The number of carboxylic acid groups (broad SMARTS) is 1. The first-order chi connectivity index (χ1) is 9.64. The third-order valence-electron chi connectivity index (χ3n) is 5.97. The van der Waals surface area contributed by atoms with Gasteiger partial charge in [0.15, 0.2) is 0 Å². The second kappa shape index (κ2) is 4.30. The van der Waals surface area contributed by atoms with Gasteiger partial charge < -0.3 is 5.11 Å². The van der Waals surface area contributed by atoms with Gasteiger partial charge in [-0.15, -0.1) is 0 Å². The summed E-state index contributed by atoms with van der Waals surface area (Å²) in [7, 11) is 0. The molecule has 2 N–H and O–H groups in total. The summed E-state index contributed by atoms with van der Waals surface area (Å²) in [6, 6.07) is 0. The molecule has 108 valence electrons. The molecule has 1 heterocycles. The van der Waals surface area contributed by atoms with Crippen molar-refractivity contribution in [2.24, 2.45) is 23.2 Å². The van der Waals surface area contributed by atoms with Crippen molar-refractivity contribution in [2.45, 2.75) is 50.9 Å². The molecule has 1 aromatic rings. The number of aliphatic carboxylic acids is 1. The fraction of sp³-hybridized carbons (Fsp3) is 0.800. The molecule has 1 aromatic heterocycles. The van der Waals surface area contributed by atoms with E-state index in [4.69, 9.17) is 0 Å². The van der Waals surface area contributed by atoms with Crippen LogP contribution in [0.5, 0.6) is 0 Å². The first-order valence-corrected chi connectivity index (χ1v) is 7.72. The highest BCUT2D eigenvalue weighted by atomic mass is 16.4. The molecule has 4 aliphatic carbocycles. The Kier molecular flexibility index (Phi) is 2.66. The summed E-state index contributed by atoms with van der Waals surface area (Å²) < 4.78 is 0. The van der Waals surface area contributed by atoms with Crippen molar-refractivity contribution >= 4 is 5.97 Å². The second-order valence-electron chi connectivity index (χ2n) is 7.30. The van der Waals surface area contributed by atoms with Gasteiger partial charge in [0, 0.05) is 5.92 Å². The lowest BCUT2D eigenvalue weighted by atomic mass is 9.46. The molecule has 0 amide bonds. The predicted molar refractivity (Wildman–Crippen MR) is 72.0 cm³/mol. The van der Waals surface area contributed by atoms with Crippen LogP contribution >= 0.6 is 0 Å². The zero-order valence-corrected chi connectivity index (χ0v) is 11.6. The minimum absolute atomic E-state index is 0.0101. The summed E-state index contributed by atoms with van der Waals surface area (Å²) in [5.41, 5.74) is 0.159. The van der Waals surface area contributed by atoms with Crippen LogP contribution in [0.1, 0.15) is 56.7 Å². The van der Waals surface area contributed by atoms with Crippen molar-refractivity contribution < 1.29 is 9.90 Å². The maximum absolute atomic E-state index is 11.3. The van der Waals surface area contributed by atoms with Gasteiger partial charge in [-0.25, -0.2) is 4.98 Å². The fourth-order valence-electron chi connectivity index (χ4n) is 5.77. The van der Waals surface area contributed by atoms with Crippen LogP contribution < -0.4 is 0 Å². The quantitative estimate of drug-likeness (QED) is 0.885. The number of nitrogens with zero attached hydrogens (tertiary/aromatic N) is 2. The van der Waals surface area contributed by atoms with Crippen molar-refractivity contribution in [3.8, 4) is 0 Å². The van der Waals surface area contributed by atoms with Gasteiger partial charge >= 0.3 is 5.97 Å². The van der Waals surface area contributed by atoms with Crippen LogP contribution in [-0.4, -0.2) is 26.3 Å². The fourth-order valence-corrected chi connectivity index (χ4v) is 5.77. The van der Waals surface area contributed by atoms with E-state index in [1.165, 1.54) is 44.9 Å². The zero-order chi connectivity index (χ0) is 13.7. The van der Waals surface area contributed by atoms with Gasteiger partial charge in [-0.1, -0.05) is 0 Å². The molecule has 4 bridgehead atoms. The van der Waals surface area contributed by atoms with Crippen molar-refractivity contribution in [1.29, 1.82) is 0 Å². The molecular weight excluding hydrogens is 254 g/mol. The summed E-state index contributed by atoms with van der Waals surface area (Å²) in [5, 5.41) is 16.2. The second-order valence-corrected chi connectivity index (χ2v) is 7.30. The summed E-state index contributed by atoms with van der Waals surface area (Å²) in [4.78, 5) is 15.6. The topological polar surface area (TPSA) is 78.9 Å². The third kappa shape index (κ3) is 1.86. The Morgan fingerprint density at radius 1 is 1.30 bits per heavy atom. The molecule has 5 rings (SSSR count). The minimum atomic E-state index is -0.720. The van der Waals surface area contributed by atoms with E-state index in [2.05, 4.69) is 15.2 Å². The van der Waals surface area contributed by atoms with E-state index in [0.717, 1.165) is 23.6 Å². The summed E-state index contributed by atoms with van der Waals surface area (Å²) >= 11 is 0. The lowest BCUT2D eigenvalue weighted by Crippen LogP contribution is -2.49. The summed E-state index contributed by atoms with van der Waals surface area (Å²) in [5.74, 6) is 2.54. The van der Waals surface area contributed by atoms with E-state index >= 15 is 0 Å². The van der Waals surface area contributed by atoms with Crippen LogP contribution in [0.2, 0.25) is 0 Å². The average Bonchev–Trinajstić information content (AvgIpc) is 2.87. The van der Waals surface area contributed by atoms with Gasteiger partial charge in [0.2, 0.25) is 0 Å². The van der Waals surface area contributed by atoms with Gasteiger partial charge in [-0.3, -0.25) is 9.89 Å². The molecular formula is C15H21N3O2. The number of hydrogen-bond donors (Lipinski definition) is 2. The first kappa shape index (κ1) is 12.4. The van der Waals surface area contributed by atoms with Crippen molar-refractivity contribution in [1.82, 2.24) is 15.2 Å². The van der Waals surface area contributed by atoms with Gasteiger partial charge in [-0.2, -0.15) is 5.10 Å². The van der Waals surface area contributed by atoms with Gasteiger partial charge in [0.1, 0.15) is 12.2 Å². The Balaban J connectivity index is 1.70. The number of nitrogens with one attached hydrogen (secondary N) is 1. The number of aromatic nitrogens is 3. The third-order valence-corrected chi connectivity index (χ3v) is 5.97. The van der Waals surface area contributed by atoms with Crippen molar-refractivity contribution in [2.75, 3.05) is 0 Å². The molecule has 0 saturated heterocycles. The number of carbonyl (C=O) groups is 1. The molecule has 0 aromatic carbocycles. The molecule has 5 heteroatoms. The van der Waals surface area contributed by atoms with Gasteiger partial charge in [0.25, 0.3) is 0 Å². The van der Waals surface area contributed by atoms with Crippen molar-refractivity contribution in [3.05, 3.63) is 12.2 Å². The van der Waals surface area contributed by atoms with Gasteiger partial charge in [-0.05, 0) is 61.7 Å². The smallest absolute Gasteiger partial charge is 0.304 e. The minimum Gasteiger partial charge on any atom is -0.481 e. The number of hydrogen-bond acceptors (Lipinski definition) is 3. The average molecular weight is 275 g/mol. The molecule has 20 heavy (non-hydrogen) atoms. The number of aromatic amines is 1. The van der Waals surface area contributed by atoms with Crippen molar-refractivity contribution in [3.63, 3.8) is 0 Å². The molecule has 4 aliphatic rings. The van der Waals surface area contributed by atoms with E-state index in [0.29, 0.717) is 0 Å². The Morgan fingerprint density at radius 3 is 2.35 bits per heavy atom. The number of rotatable bonds is 4. The SMILES string of the molecule is O=C(O)CC(c1ncn[nH]1)C12CC3CC(CC(C3)C1)C2. The van der Waals surface area contributed by atoms with E-state index in [1.54, 1.807) is 0 Å². The van der Waals surface area contributed by atoms with E-state index in [9.17, 15) is 9.90 Å². The molecule has 0 spiro atoms. The van der Waals surface area contributed by atoms with E-state index < -0.39 is 5.97 Å². The van der Waals surface area contributed by atoms with Crippen LogP contribution in [0.25, 0.3) is 0 Å². The number of H-pyrrole nitrogens is 1. The molecule has 1 atom stereocenters. The summed E-state index contributed by atoms with van der Waals surface area (Å²) in [6.07, 6.45) is 9.37. The highest BCUT2D eigenvalue weighted by molar-refractivity contribution is 5.68. The normalized spacial score (nSPS) is 39.9. The summed E-state index contributed by atoms with van der Waals surface area (Å²) in [6.45, 7) is 0. The Hall–Kier alpha value is -1.39. The highest BCUT2D eigenvalue weighted by Crippen LogP contribution is 2.64. The van der Waals surface area contributed by atoms with Crippen LogP contribution in [0, 0.1) is 23.2 Å². The van der Waals surface area contributed by atoms with Crippen LogP contribution in [-0.2, 0) is 4.79 Å². The Labute approximate surface area is 118 Å². The number of carboxylic acids is 1. The van der Waals surface area contributed by atoms with Crippen LogP contribution in [0.3, 0.4) is 0 Å². The lowest BCUT2D eigenvalue weighted by Gasteiger charge is -2.59. The molecule has 0 radical (unpaired) electrons. The van der Waals surface area contributed by atoms with E-state index in [1.807, 2.05) is 0 Å². The maximum Gasteiger partial charge on any atom is 0.304 e. The molecule has 0 aliphatic heterocycles. The monoisotopic (exact) mass is 275 g/mol. The molecule has 4 fully saturated rings. The van der Waals surface area contributed by atoms with E-state index in [-0.39, 0.29) is 17.8 Å². The largest absolute Gasteiger partial charge is 0.481 e. The molecule has 1 unspecified atom stereocenters. The predicted octanol–water partition coefficient (Wildman–Crippen LogP) is 2.58. The molecule has 4 saturated carbocycles. The lowest BCUT2D eigenvalue weighted by molar-refractivity contribution is -0.140. The van der Waals surface area contributed by atoms with Crippen LogP contribution in [0.15, 0.2) is 6.33 Å². The Morgan fingerprint density at radius 2 is 1.90 bits per heavy atom.